The van der Waals surface area contributed by atoms with E-state index >= 15 is 0 Å². The molecule has 0 spiro atoms. The van der Waals surface area contributed by atoms with Gasteiger partial charge in [0.1, 0.15) is 0 Å². The van der Waals surface area contributed by atoms with Gasteiger partial charge in [-0.05, 0) is 5.92 Å². The van der Waals surface area contributed by atoms with E-state index in [9.17, 15) is 5.11 Å². The summed E-state index contributed by atoms with van der Waals surface area (Å²) in [5, 5.41) is 11.4. The summed E-state index contributed by atoms with van der Waals surface area (Å²) in [4.78, 5) is 7.59. The molecule has 0 fully saturated rings. The molecule has 0 aliphatic heterocycles. The number of rotatable bonds is 4. The standard InChI is InChI=1S/C11H17N3OS/c1-8(2)6-13(3)10-9(7-15)14-4-5-16-11(14)12-10/h4-5,8,15H,6-7H2,1-3H3. The zero-order valence-electron chi connectivity index (χ0n) is 9.84. The highest BCUT2D eigenvalue weighted by Gasteiger charge is 2.16. The summed E-state index contributed by atoms with van der Waals surface area (Å²) < 4.78 is 1.96. The lowest BCUT2D eigenvalue weighted by atomic mass is 10.2. The molecule has 5 heteroatoms. The Hall–Kier alpha value is -1.07. The molecular weight excluding hydrogens is 222 g/mol. The van der Waals surface area contributed by atoms with Gasteiger partial charge in [0.15, 0.2) is 10.8 Å². The summed E-state index contributed by atoms with van der Waals surface area (Å²) in [5.41, 5.74) is 0.874. The molecule has 2 aromatic rings. The van der Waals surface area contributed by atoms with Gasteiger partial charge >= 0.3 is 0 Å². The predicted octanol–water partition coefficient (Wildman–Crippen LogP) is 1.98. The Bertz CT molecular complexity index is 474. The van der Waals surface area contributed by atoms with Gasteiger partial charge in [0.25, 0.3) is 0 Å². The molecule has 88 valence electrons. The van der Waals surface area contributed by atoms with Gasteiger partial charge in [0.05, 0.1) is 12.3 Å². The van der Waals surface area contributed by atoms with Crippen molar-refractivity contribution in [1.29, 1.82) is 0 Å². The van der Waals surface area contributed by atoms with Crippen molar-refractivity contribution in [3.05, 3.63) is 17.3 Å². The van der Waals surface area contributed by atoms with Crippen LogP contribution < -0.4 is 4.90 Å². The Morgan fingerprint density at radius 3 is 2.94 bits per heavy atom. The van der Waals surface area contributed by atoms with Crippen LogP contribution >= 0.6 is 11.3 Å². The van der Waals surface area contributed by atoms with Crippen molar-refractivity contribution in [2.24, 2.45) is 5.92 Å². The topological polar surface area (TPSA) is 40.8 Å². The Morgan fingerprint density at radius 1 is 1.56 bits per heavy atom. The molecule has 16 heavy (non-hydrogen) atoms. The summed E-state index contributed by atoms with van der Waals surface area (Å²) in [6.45, 7) is 5.31. The van der Waals surface area contributed by atoms with Gasteiger partial charge in [-0.2, -0.15) is 0 Å². The molecule has 0 aliphatic rings. The van der Waals surface area contributed by atoms with Gasteiger partial charge in [0.2, 0.25) is 0 Å². The number of nitrogens with zero attached hydrogens (tertiary/aromatic N) is 3. The fourth-order valence-corrected chi connectivity index (χ4v) is 2.64. The number of imidazole rings is 1. The molecule has 0 amide bonds. The minimum absolute atomic E-state index is 0.0235. The molecule has 1 N–H and O–H groups in total. The molecule has 2 heterocycles. The second kappa shape index (κ2) is 4.43. The zero-order chi connectivity index (χ0) is 11.7. The lowest BCUT2D eigenvalue weighted by Gasteiger charge is -2.19. The third-order valence-electron chi connectivity index (χ3n) is 2.49. The molecule has 0 aliphatic carbocycles. The molecule has 0 atom stereocenters. The highest BCUT2D eigenvalue weighted by atomic mass is 32.1. The van der Waals surface area contributed by atoms with Crippen LogP contribution in [0.5, 0.6) is 0 Å². The molecule has 0 unspecified atom stereocenters. The maximum Gasteiger partial charge on any atom is 0.195 e. The van der Waals surface area contributed by atoms with E-state index in [0.717, 1.165) is 23.0 Å². The van der Waals surface area contributed by atoms with Crippen molar-refractivity contribution in [3.63, 3.8) is 0 Å². The van der Waals surface area contributed by atoms with Crippen LogP contribution in [0.1, 0.15) is 19.5 Å². The first kappa shape index (κ1) is 11.4. The van der Waals surface area contributed by atoms with Gasteiger partial charge < -0.3 is 10.0 Å². The summed E-state index contributed by atoms with van der Waals surface area (Å²) in [6, 6.07) is 0. The summed E-state index contributed by atoms with van der Waals surface area (Å²) in [5.74, 6) is 1.47. The first-order chi connectivity index (χ1) is 7.63. The first-order valence-corrected chi connectivity index (χ1v) is 6.28. The fourth-order valence-electron chi connectivity index (χ4n) is 1.91. The van der Waals surface area contributed by atoms with Crippen LogP contribution in [-0.4, -0.2) is 28.1 Å². The summed E-state index contributed by atoms with van der Waals surface area (Å²) in [7, 11) is 2.02. The second-order valence-corrected chi connectivity index (χ2v) is 5.24. The SMILES string of the molecule is CC(C)CN(C)c1nc2sccn2c1CO. The van der Waals surface area contributed by atoms with Gasteiger partial charge in [-0.25, -0.2) is 4.98 Å². The Kier molecular flexibility index (Phi) is 3.16. The van der Waals surface area contributed by atoms with Gasteiger partial charge in [-0.1, -0.05) is 13.8 Å². The fraction of sp³-hybridized carbons (Fsp3) is 0.545. The lowest BCUT2D eigenvalue weighted by Crippen LogP contribution is -2.24. The van der Waals surface area contributed by atoms with Crippen molar-refractivity contribution >= 4 is 22.1 Å². The van der Waals surface area contributed by atoms with Crippen molar-refractivity contribution in [3.8, 4) is 0 Å². The van der Waals surface area contributed by atoms with Crippen LogP contribution in [0.3, 0.4) is 0 Å². The van der Waals surface area contributed by atoms with Crippen LogP contribution in [0.15, 0.2) is 11.6 Å². The van der Waals surface area contributed by atoms with E-state index in [4.69, 9.17) is 0 Å². The number of aliphatic hydroxyl groups is 1. The quantitative estimate of drug-likeness (QED) is 0.887. The molecule has 0 aromatic carbocycles. The maximum atomic E-state index is 9.42. The third kappa shape index (κ3) is 1.92. The number of anilines is 1. The second-order valence-electron chi connectivity index (χ2n) is 4.37. The number of aromatic nitrogens is 2. The normalized spacial score (nSPS) is 11.6. The molecule has 0 saturated carbocycles. The smallest absolute Gasteiger partial charge is 0.195 e. The third-order valence-corrected chi connectivity index (χ3v) is 3.25. The number of aliphatic hydroxyl groups excluding tert-OH is 1. The van der Waals surface area contributed by atoms with E-state index in [1.165, 1.54) is 0 Å². The van der Waals surface area contributed by atoms with Crippen molar-refractivity contribution < 1.29 is 5.11 Å². The molecule has 0 radical (unpaired) electrons. The van der Waals surface area contributed by atoms with Gasteiger partial charge in [0, 0.05) is 25.2 Å². The number of fused-ring (bicyclic) bond motifs is 1. The molecular formula is C11H17N3OS. The Morgan fingerprint density at radius 2 is 2.31 bits per heavy atom. The largest absolute Gasteiger partial charge is 0.390 e. The average Bonchev–Trinajstić information content (AvgIpc) is 2.74. The van der Waals surface area contributed by atoms with Crippen molar-refractivity contribution in [1.82, 2.24) is 9.38 Å². The van der Waals surface area contributed by atoms with Crippen LogP contribution in [0, 0.1) is 5.92 Å². The van der Waals surface area contributed by atoms with E-state index in [2.05, 4.69) is 23.7 Å². The molecule has 2 aromatic heterocycles. The van der Waals surface area contributed by atoms with E-state index in [-0.39, 0.29) is 6.61 Å². The maximum absolute atomic E-state index is 9.42. The van der Waals surface area contributed by atoms with Crippen LogP contribution in [0.4, 0.5) is 5.82 Å². The van der Waals surface area contributed by atoms with E-state index in [0.29, 0.717) is 5.92 Å². The monoisotopic (exact) mass is 239 g/mol. The molecule has 2 rings (SSSR count). The minimum atomic E-state index is 0.0235. The highest BCUT2D eigenvalue weighted by Crippen LogP contribution is 2.24. The lowest BCUT2D eigenvalue weighted by molar-refractivity contribution is 0.276. The molecule has 0 saturated heterocycles. The van der Waals surface area contributed by atoms with Gasteiger partial charge in [-0.3, -0.25) is 4.40 Å². The number of hydrogen-bond donors (Lipinski definition) is 1. The summed E-state index contributed by atoms with van der Waals surface area (Å²) in [6.07, 6.45) is 1.95. The zero-order valence-corrected chi connectivity index (χ0v) is 10.7. The van der Waals surface area contributed by atoms with Crippen molar-refractivity contribution in [2.75, 3.05) is 18.5 Å². The van der Waals surface area contributed by atoms with E-state index in [1.807, 2.05) is 23.0 Å². The van der Waals surface area contributed by atoms with E-state index < -0.39 is 0 Å². The Balaban J connectivity index is 2.38. The highest BCUT2D eigenvalue weighted by molar-refractivity contribution is 7.15. The van der Waals surface area contributed by atoms with Crippen LogP contribution in [0.2, 0.25) is 0 Å². The average molecular weight is 239 g/mol. The molecule has 0 bridgehead atoms. The van der Waals surface area contributed by atoms with Crippen LogP contribution in [0.25, 0.3) is 4.96 Å². The predicted molar refractivity (Wildman–Crippen MR) is 67.1 cm³/mol. The molecule has 4 nitrogen and oxygen atoms in total. The van der Waals surface area contributed by atoms with Crippen LogP contribution in [-0.2, 0) is 6.61 Å². The number of thiazole rings is 1. The Labute approximate surface area is 99.2 Å². The minimum Gasteiger partial charge on any atom is -0.390 e. The first-order valence-electron chi connectivity index (χ1n) is 5.40. The van der Waals surface area contributed by atoms with Crippen molar-refractivity contribution in [2.45, 2.75) is 20.5 Å². The van der Waals surface area contributed by atoms with Gasteiger partial charge in [-0.15, -0.1) is 11.3 Å². The summed E-state index contributed by atoms with van der Waals surface area (Å²) >= 11 is 1.59. The van der Waals surface area contributed by atoms with E-state index in [1.54, 1.807) is 11.3 Å². The number of hydrogen-bond acceptors (Lipinski definition) is 4.